The average molecular weight is 266 g/mol. The van der Waals surface area contributed by atoms with Crippen LogP contribution in [0, 0.1) is 17.2 Å². The molecule has 0 aliphatic heterocycles. The van der Waals surface area contributed by atoms with Crippen LogP contribution in [0.5, 0.6) is 0 Å². The summed E-state index contributed by atoms with van der Waals surface area (Å²) in [6.45, 7) is 3.39. The monoisotopic (exact) mass is 266 g/mol. The first-order valence-electron chi connectivity index (χ1n) is 7.54. The molecule has 2 rings (SSSR count). The maximum atomic E-state index is 9.53. The van der Waals surface area contributed by atoms with E-state index in [4.69, 9.17) is 9.47 Å². The molecule has 3 unspecified atom stereocenters. The van der Waals surface area contributed by atoms with Crippen molar-refractivity contribution in [2.24, 2.45) is 5.92 Å². The molecule has 2 fully saturated rings. The minimum atomic E-state index is -0.464. The lowest BCUT2D eigenvalue weighted by Crippen LogP contribution is -2.51. The number of rotatable bonds is 7. The molecule has 0 spiro atoms. The maximum Gasteiger partial charge on any atom is 0.133 e. The number of methoxy groups -OCH3 is 1. The van der Waals surface area contributed by atoms with Gasteiger partial charge in [0.2, 0.25) is 0 Å². The van der Waals surface area contributed by atoms with Crippen molar-refractivity contribution in [3.8, 4) is 6.07 Å². The fourth-order valence-electron chi connectivity index (χ4n) is 3.08. The molecule has 0 aromatic heterocycles. The van der Waals surface area contributed by atoms with Gasteiger partial charge in [-0.2, -0.15) is 5.26 Å². The zero-order valence-electron chi connectivity index (χ0n) is 12.2. The Kier molecular flexibility index (Phi) is 5.20. The van der Waals surface area contributed by atoms with E-state index >= 15 is 0 Å². The first-order valence-corrected chi connectivity index (χ1v) is 7.54. The van der Waals surface area contributed by atoms with Crippen LogP contribution in [0.1, 0.15) is 45.4 Å². The lowest BCUT2D eigenvalue weighted by molar-refractivity contribution is -0.0444. The Labute approximate surface area is 116 Å². The molecule has 0 aromatic rings. The third-order valence-electron chi connectivity index (χ3n) is 4.42. The van der Waals surface area contributed by atoms with Crippen LogP contribution in [0.3, 0.4) is 0 Å². The molecule has 0 radical (unpaired) electrons. The molecule has 0 aromatic carbocycles. The summed E-state index contributed by atoms with van der Waals surface area (Å²) in [6.07, 6.45) is 7.24. The summed E-state index contributed by atoms with van der Waals surface area (Å²) in [5.74, 6) is 0.472. The minimum Gasteiger partial charge on any atom is -0.381 e. The van der Waals surface area contributed by atoms with E-state index in [0.717, 1.165) is 45.1 Å². The highest BCUT2D eigenvalue weighted by Crippen LogP contribution is 2.40. The first-order chi connectivity index (χ1) is 9.24. The van der Waals surface area contributed by atoms with Crippen molar-refractivity contribution < 1.29 is 9.47 Å². The van der Waals surface area contributed by atoms with E-state index in [1.54, 1.807) is 7.11 Å². The van der Waals surface area contributed by atoms with Crippen LogP contribution in [0.15, 0.2) is 0 Å². The quantitative estimate of drug-likeness (QED) is 0.768. The van der Waals surface area contributed by atoms with Gasteiger partial charge < -0.3 is 9.47 Å². The topological polar surface area (TPSA) is 54.3 Å². The summed E-state index contributed by atoms with van der Waals surface area (Å²) < 4.78 is 11.5. The summed E-state index contributed by atoms with van der Waals surface area (Å²) >= 11 is 0. The highest BCUT2D eigenvalue weighted by atomic mass is 16.5. The fraction of sp³-hybridized carbons (Fsp3) is 0.933. The van der Waals surface area contributed by atoms with Crippen molar-refractivity contribution in [1.82, 2.24) is 5.32 Å². The van der Waals surface area contributed by atoms with E-state index in [9.17, 15) is 5.26 Å². The summed E-state index contributed by atoms with van der Waals surface area (Å²) in [4.78, 5) is 0. The molecule has 3 atom stereocenters. The number of likely N-dealkylation sites (N-methyl/N-ethyl adjacent to an activating group) is 1. The van der Waals surface area contributed by atoms with Crippen LogP contribution < -0.4 is 5.32 Å². The van der Waals surface area contributed by atoms with Crippen molar-refractivity contribution in [1.29, 1.82) is 5.26 Å². The van der Waals surface area contributed by atoms with Gasteiger partial charge in [-0.15, -0.1) is 0 Å². The molecule has 0 saturated heterocycles. The molecule has 1 N–H and O–H groups in total. The number of ether oxygens (including phenoxy) is 2. The molecule has 0 bridgehead atoms. The lowest BCUT2D eigenvalue weighted by Gasteiger charge is -2.33. The number of hydrogen-bond donors (Lipinski definition) is 1. The van der Waals surface area contributed by atoms with Crippen molar-refractivity contribution >= 4 is 0 Å². The third kappa shape index (κ3) is 3.68. The average Bonchev–Trinajstić information content (AvgIpc) is 3.29. The van der Waals surface area contributed by atoms with Gasteiger partial charge in [0.1, 0.15) is 5.54 Å². The van der Waals surface area contributed by atoms with E-state index in [1.165, 1.54) is 0 Å². The standard InChI is InChI=1S/C15H26N2O2/c1-3-17-15(10-16,12-7-8-12)11-19-14-6-4-5-13(9-14)18-2/h12-14,17H,3-9,11H2,1-2H3. The van der Waals surface area contributed by atoms with Crippen molar-refractivity contribution in [3.63, 3.8) is 0 Å². The highest BCUT2D eigenvalue weighted by Gasteiger charge is 2.46. The van der Waals surface area contributed by atoms with Crippen LogP contribution >= 0.6 is 0 Å². The second-order valence-electron chi connectivity index (χ2n) is 5.85. The Balaban J connectivity index is 1.86. The van der Waals surface area contributed by atoms with Crippen LogP contribution in [-0.2, 0) is 9.47 Å². The van der Waals surface area contributed by atoms with Crippen molar-refractivity contribution in [3.05, 3.63) is 0 Å². The van der Waals surface area contributed by atoms with E-state index < -0.39 is 5.54 Å². The van der Waals surface area contributed by atoms with Crippen LogP contribution in [0.2, 0.25) is 0 Å². The second kappa shape index (κ2) is 6.69. The Morgan fingerprint density at radius 1 is 1.26 bits per heavy atom. The predicted molar refractivity (Wildman–Crippen MR) is 73.7 cm³/mol. The number of nitriles is 1. The Bertz CT molecular complexity index is 325. The molecule has 0 amide bonds. The highest BCUT2D eigenvalue weighted by molar-refractivity contribution is 5.15. The first kappa shape index (κ1) is 14.8. The Morgan fingerprint density at radius 2 is 2.00 bits per heavy atom. The SMILES string of the molecule is CCNC(C#N)(COC1CCCC(OC)C1)C1CC1. The van der Waals surface area contributed by atoms with E-state index in [1.807, 2.05) is 0 Å². The summed E-state index contributed by atoms with van der Waals surface area (Å²) in [5, 5.41) is 12.9. The molecule has 2 aliphatic rings. The van der Waals surface area contributed by atoms with Gasteiger partial charge in [0.05, 0.1) is 24.9 Å². The Hall–Kier alpha value is -0.630. The van der Waals surface area contributed by atoms with Gasteiger partial charge in [-0.25, -0.2) is 0 Å². The van der Waals surface area contributed by atoms with Gasteiger partial charge >= 0.3 is 0 Å². The van der Waals surface area contributed by atoms with E-state index in [-0.39, 0.29) is 6.10 Å². The lowest BCUT2D eigenvalue weighted by atomic mass is 9.93. The van der Waals surface area contributed by atoms with Gasteiger partial charge in [0.25, 0.3) is 0 Å². The van der Waals surface area contributed by atoms with Crippen LogP contribution in [0.4, 0.5) is 0 Å². The fourth-order valence-corrected chi connectivity index (χ4v) is 3.08. The van der Waals surface area contributed by atoms with Gasteiger partial charge in [-0.05, 0) is 51.0 Å². The molecule has 2 saturated carbocycles. The largest absolute Gasteiger partial charge is 0.381 e. The predicted octanol–water partition coefficient (Wildman–Crippen LogP) is 2.24. The molecule has 108 valence electrons. The van der Waals surface area contributed by atoms with Gasteiger partial charge in [0.15, 0.2) is 0 Å². The van der Waals surface area contributed by atoms with Gasteiger partial charge in [0, 0.05) is 7.11 Å². The van der Waals surface area contributed by atoms with Gasteiger partial charge in [-0.3, -0.25) is 5.32 Å². The molecule has 2 aliphatic carbocycles. The molecule has 0 heterocycles. The minimum absolute atomic E-state index is 0.254. The van der Waals surface area contributed by atoms with Crippen molar-refractivity contribution in [2.75, 3.05) is 20.3 Å². The number of hydrogen-bond acceptors (Lipinski definition) is 4. The normalized spacial score (nSPS) is 30.6. The van der Waals surface area contributed by atoms with Crippen LogP contribution in [-0.4, -0.2) is 38.0 Å². The summed E-state index contributed by atoms with van der Waals surface area (Å²) in [5.41, 5.74) is -0.464. The molecule has 4 nitrogen and oxygen atoms in total. The molecular formula is C15H26N2O2. The summed E-state index contributed by atoms with van der Waals surface area (Å²) in [6, 6.07) is 2.48. The summed E-state index contributed by atoms with van der Waals surface area (Å²) in [7, 11) is 1.77. The Morgan fingerprint density at radius 3 is 2.58 bits per heavy atom. The molecule has 19 heavy (non-hydrogen) atoms. The number of nitrogens with one attached hydrogen (secondary N) is 1. The van der Waals surface area contributed by atoms with Crippen LogP contribution in [0.25, 0.3) is 0 Å². The van der Waals surface area contributed by atoms with Gasteiger partial charge in [-0.1, -0.05) is 6.92 Å². The third-order valence-corrected chi connectivity index (χ3v) is 4.42. The maximum absolute atomic E-state index is 9.53. The smallest absolute Gasteiger partial charge is 0.133 e. The number of nitrogens with zero attached hydrogens (tertiary/aromatic N) is 1. The van der Waals surface area contributed by atoms with E-state index in [2.05, 4.69) is 18.3 Å². The zero-order valence-corrected chi connectivity index (χ0v) is 12.2. The molecule has 4 heteroatoms. The van der Waals surface area contributed by atoms with E-state index in [0.29, 0.717) is 18.6 Å². The van der Waals surface area contributed by atoms with Crippen molar-refractivity contribution in [2.45, 2.75) is 63.2 Å². The zero-order chi connectivity index (χ0) is 13.7. The molecular weight excluding hydrogens is 240 g/mol. The second-order valence-corrected chi connectivity index (χ2v) is 5.85.